The van der Waals surface area contributed by atoms with E-state index in [9.17, 15) is 8.78 Å². The molecule has 2 aromatic rings. The number of thiophene rings is 1. The van der Waals surface area contributed by atoms with Crippen molar-refractivity contribution in [3.05, 3.63) is 51.2 Å². The summed E-state index contributed by atoms with van der Waals surface area (Å²) in [6, 6.07) is 5.27. The van der Waals surface area contributed by atoms with Gasteiger partial charge in [-0.2, -0.15) is 0 Å². The summed E-state index contributed by atoms with van der Waals surface area (Å²) in [7, 11) is 0. The molecule has 0 saturated carbocycles. The van der Waals surface area contributed by atoms with Crippen LogP contribution >= 0.6 is 11.3 Å². The Labute approximate surface area is 121 Å². The van der Waals surface area contributed by atoms with Crippen LogP contribution in [0.3, 0.4) is 0 Å². The molecule has 0 aliphatic heterocycles. The molecule has 0 atom stereocenters. The van der Waals surface area contributed by atoms with E-state index in [0.29, 0.717) is 6.61 Å². The van der Waals surface area contributed by atoms with E-state index in [0.717, 1.165) is 29.6 Å². The molecule has 0 aliphatic carbocycles. The topological polar surface area (TPSA) is 21.3 Å². The molecule has 0 fully saturated rings. The predicted octanol–water partition coefficient (Wildman–Crippen LogP) is 4.02. The van der Waals surface area contributed by atoms with Gasteiger partial charge in [0.25, 0.3) is 0 Å². The van der Waals surface area contributed by atoms with Gasteiger partial charge in [-0.25, -0.2) is 8.78 Å². The maximum atomic E-state index is 13.1. The van der Waals surface area contributed by atoms with E-state index in [-0.39, 0.29) is 5.75 Å². The van der Waals surface area contributed by atoms with E-state index in [1.54, 1.807) is 11.3 Å². The molecule has 1 N–H and O–H groups in total. The highest BCUT2D eigenvalue weighted by Crippen LogP contribution is 2.24. The highest BCUT2D eigenvalue weighted by molar-refractivity contribution is 7.12. The molecule has 0 radical (unpaired) electrons. The largest absolute Gasteiger partial charge is 0.489 e. The third-order valence-corrected chi connectivity index (χ3v) is 3.94. The highest BCUT2D eigenvalue weighted by atomic mass is 32.1. The van der Waals surface area contributed by atoms with E-state index in [1.807, 2.05) is 6.92 Å². The molecule has 0 saturated heterocycles. The summed E-state index contributed by atoms with van der Waals surface area (Å²) in [5, 5.41) is 3.26. The van der Waals surface area contributed by atoms with E-state index in [1.165, 1.54) is 17.0 Å². The smallest absolute Gasteiger partial charge is 0.129 e. The minimum absolute atomic E-state index is 0.210. The Morgan fingerprint density at radius 3 is 2.50 bits per heavy atom. The summed E-state index contributed by atoms with van der Waals surface area (Å²) in [4.78, 5) is 2.39. The maximum Gasteiger partial charge on any atom is 0.129 e. The molecule has 2 nitrogen and oxygen atoms in total. The van der Waals surface area contributed by atoms with Crippen molar-refractivity contribution in [1.29, 1.82) is 0 Å². The third-order valence-electron chi connectivity index (χ3n) is 2.85. The van der Waals surface area contributed by atoms with Crippen LogP contribution in [0.4, 0.5) is 8.78 Å². The molecular formula is C15H17F2NOS. The minimum Gasteiger partial charge on any atom is -0.489 e. The summed E-state index contributed by atoms with van der Waals surface area (Å²) in [6.45, 7) is 6.15. The molecule has 0 amide bonds. The second-order valence-corrected chi connectivity index (χ2v) is 5.81. The van der Waals surface area contributed by atoms with Crippen molar-refractivity contribution >= 4 is 11.3 Å². The second kappa shape index (κ2) is 6.81. The van der Waals surface area contributed by atoms with Gasteiger partial charge < -0.3 is 10.1 Å². The molecule has 20 heavy (non-hydrogen) atoms. The van der Waals surface area contributed by atoms with Gasteiger partial charge in [-0.1, -0.05) is 6.92 Å². The summed E-state index contributed by atoms with van der Waals surface area (Å²) >= 11 is 1.71. The fraction of sp³-hybridized carbons (Fsp3) is 0.333. The second-order valence-electron chi connectivity index (χ2n) is 4.47. The van der Waals surface area contributed by atoms with Crippen molar-refractivity contribution < 1.29 is 13.5 Å². The molecule has 0 unspecified atom stereocenters. The zero-order valence-corrected chi connectivity index (χ0v) is 12.3. The monoisotopic (exact) mass is 297 g/mol. The zero-order valence-electron chi connectivity index (χ0n) is 11.5. The first-order chi connectivity index (χ1) is 9.58. The lowest BCUT2D eigenvalue weighted by molar-refractivity contribution is 0.302. The Bertz CT molecular complexity index is 563. The summed E-state index contributed by atoms with van der Waals surface area (Å²) < 4.78 is 31.6. The average molecular weight is 297 g/mol. The first-order valence-electron chi connectivity index (χ1n) is 6.46. The number of halogens is 2. The minimum atomic E-state index is -0.630. The number of hydrogen-bond donors (Lipinski definition) is 1. The zero-order chi connectivity index (χ0) is 14.5. The van der Waals surface area contributed by atoms with Crippen molar-refractivity contribution in [2.24, 2.45) is 0 Å². The van der Waals surface area contributed by atoms with E-state index < -0.39 is 11.6 Å². The Kier molecular flexibility index (Phi) is 5.09. The lowest BCUT2D eigenvalue weighted by atomic mass is 10.2. The Balaban J connectivity index is 2.01. The van der Waals surface area contributed by atoms with Gasteiger partial charge in [-0.15, -0.1) is 11.3 Å². The van der Waals surface area contributed by atoms with Crippen molar-refractivity contribution in [2.75, 3.05) is 6.54 Å². The molecule has 0 spiro atoms. The van der Waals surface area contributed by atoms with Crippen LogP contribution in [0.15, 0.2) is 24.3 Å². The van der Waals surface area contributed by atoms with Crippen LogP contribution in [0, 0.1) is 18.6 Å². The fourth-order valence-electron chi connectivity index (χ4n) is 1.84. The van der Waals surface area contributed by atoms with Crippen LogP contribution in [-0.4, -0.2) is 6.54 Å². The summed E-state index contributed by atoms with van der Waals surface area (Å²) in [5.74, 6) is -1.05. The van der Waals surface area contributed by atoms with Crippen LogP contribution in [0.5, 0.6) is 5.75 Å². The first kappa shape index (κ1) is 14.9. The van der Waals surface area contributed by atoms with Gasteiger partial charge in [-0.3, -0.25) is 0 Å². The Morgan fingerprint density at radius 1 is 1.15 bits per heavy atom. The predicted molar refractivity (Wildman–Crippen MR) is 77.1 cm³/mol. The molecule has 1 heterocycles. The normalized spacial score (nSPS) is 10.8. The SMILES string of the molecule is CCNCc1cc(COc2cc(F)cc(F)c2)c(C)s1. The Hall–Kier alpha value is -1.46. The highest BCUT2D eigenvalue weighted by Gasteiger charge is 2.07. The first-order valence-corrected chi connectivity index (χ1v) is 7.28. The van der Waals surface area contributed by atoms with Gasteiger partial charge in [-0.05, 0) is 19.5 Å². The van der Waals surface area contributed by atoms with Crippen molar-refractivity contribution in [3.8, 4) is 5.75 Å². The van der Waals surface area contributed by atoms with E-state index in [4.69, 9.17) is 4.74 Å². The Morgan fingerprint density at radius 2 is 1.85 bits per heavy atom. The standard InChI is InChI=1S/C15H17F2NOS/c1-3-18-8-15-4-11(10(2)20-15)9-19-14-6-12(16)5-13(17)7-14/h4-7,18H,3,8-9H2,1-2H3. The number of aryl methyl sites for hydroxylation is 1. The molecule has 5 heteroatoms. The van der Waals surface area contributed by atoms with Crippen LogP contribution in [0.25, 0.3) is 0 Å². The number of hydrogen-bond acceptors (Lipinski definition) is 3. The van der Waals surface area contributed by atoms with Crippen LogP contribution in [-0.2, 0) is 13.2 Å². The van der Waals surface area contributed by atoms with Gasteiger partial charge in [0.15, 0.2) is 0 Å². The van der Waals surface area contributed by atoms with Crippen molar-refractivity contribution in [2.45, 2.75) is 27.0 Å². The molecule has 0 bridgehead atoms. The van der Waals surface area contributed by atoms with Crippen LogP contribution in [0.2, 0.25) is 0 Å². The van der Waals surface area contributed by atoms with E-state index >= 15 is 0 Å². The molecule has 2 rings (SSSR count). The average Bonchev–Trinajstić information content (AvgIpc) is 2.73. The van der Waals surface area contributed by atoms with Crippen molar-refractivity contribution in [1.82, 2.24) is 5.32 Å². The van der Waals surface area contributed by atoms with Gasteiger partial charge >= 0.3 is 0 Å². The molecule has 1 aromatic carbocycles. The number of rotatable bonds is 6. The molecule has 1 aromatic heterocycles. The van der Waals surface area contributed by atoms with Gasteiger partial charge in [0.05, 0.1) is 0 Å². The van der Waals surface area contributed by atoms with Crippen molar-refractivity contribution in [3.63, 3.8) is 0 Å². The number of benzene rings is 1. The fourth-order valence-corrected chi connectivity index (χ4v) is 2.86. The lowest BCUT2D eigenvalue weighted by Gasteiger charge is -2.06. The maximum absolute atomic E-state index is 13.1. The summed E-state index contributed by atoms with van der Waals surface area (Å²) in [5.41, 5.74) is 1.05. The quantitative estimate of drug-likeness (QED) is 0.869. The van der Waals surface area contributed by atoms with Gasteiger partial charge in [0.2, 0.25) is 0 Å². The summed E-state index contributed by atoms with van der Waals surface area (Å²) in [6.07, 6.45) is 0. The molecule has 0 aliphatic rings. The number of nitrogens with one attached hydrogen (secondary N) is 1. The van der Waals surface area contributed by atoms with Crippen LogP contribution in [0.1, 0.15) is 22.2 Å². The van der Waals surface area contributed by atoms with Gasteiger partial charge in [0.1, 0.15) is 24.0 Å². The van der Waals surface area contributed by atoms with E-state index in [2.05, 4.69) is 18.3 Å². The lowest BCUT2D eigenvalue weighted by Crippen LogP contribution is -2.10. The molecule has 108 valence electrons. The van der Waals surface area contributed by atoms with Crippen LogP contribution < -0.4 is 10.1 Å². The number of ether oxygens (including phenoxy) is 1. The van der Waals surface area contributed by atoms with Gasteiger partial charge in [0, 0.05) is 40.1 Å². The molecular weight excluding hydrogens is 280 g/mol. The third kappa shape index (κ3) is 4.02.